The molecule has 0 fully saturated rings. The van der Waals surface area contributed by atoms with Gasteiger partial charge in [0.1, 0.15) is 5.69 Å². The zero-order chi connectivity index (χ0) is 18.9. The van der Waals surface area contributed by atoms with E-state index in [0.717, 1.165) is 32.8 Å². The first-order chi connectivity index (χ1) is 13.8. The van der Waals surface area contributed by atoms with Gasteiger partial charge in [0.15, 0.2) is 11.5 Å². The van der Waals surface area contributed by atoms with Gasteiger partial charge in [0.25, 0.3) is 5.91 Å². The number of nitrogens with one attached hydrogen (secondary N) is 1. The molecule has 1 aliphatic heterocycles. The molecule has 0 bridgehead atoms. The SMILES string of the molecule is O=C(NCc1ccc2c(c1)OCO2)c1cc2sccc2n1Cc1ccccc1. The first-order valence-electron chi connectivity index (χ1n) is 9.05. The number of benzene rings is 2. The van der Waals surface area contributed by atoms with Crippen molar-refractivity contribution >= 4 is 27.5 Å². The molecular formula is C22H18N2O3S. The van der Waals surface area contributed by atoms with E-state index in [0.29, 0.717) is 18.8 Å². The summed E-state index contributed by atoms with van der Waals surface area (Å²) in [6.07, 6.45) is 0. The van der Waals surface area contributed by atoms with Gasteiger partial charge in [-0.1, -0.05) is 36.4 Å². The summed E-state index contributed by atoms with van der Waals surface area (Å²) in [6.45, 7) is 1.34. The zero-order valence-corrected chi connectivity index (χ0v) is 15.9. The molecule has 2 aromatic carbocycles. The normalized spacial score (nSPS) is 12.4. The molecule has 0 saturated heterocycles. The van der Waals surface area contributed by atoms with Gasteiger partial charge in [-0.25, -0.2) is 0 Å². The smallest absolute Gasteiger partial charge is 0.268 e. The van der Waals surface area contributed by atoms with E-state index in [1.807, 2.05) is 42.5 Å². The lowest BCUT2D eigenvalue weighted by Gasteiger charge is -2.11. The van der Waals surface area contributed by atoms with Gasteiger partial charge < -0.3 is 19.4 Å². The zero-order valence-electron chi connectivity index (χ0n) is 15.1. The van der Waals surface area contributed by atoms with E-state index in [4.69, 9.17) is 9.47 Å². The van der Waals surface area contributed by atoms with Crippen molar-refractivity contribution in [1.82, 2.24) is 9.88 Å². The number of aromatic nitrogens is 1. The number of thiophene rings is 1. The molecule has 3 heterocycles. The minimum Gasteiger partial charge on any atom is -0.454 e. The van der Waals surface area contributed by atoms with E-state index < -0.39 is 0 Å². The number of carbonyl (C=O) groups is 1. The molecule has 28 heavy (non-hydrogen) atoms. The van der Waals surface area contributed by atoms with Crippen LogP contribution in [-0.2, 0) is 13.1 Å². The standard InChI is InChI=1S/C22H18N2O3S/c25-22(23-12-16-6-7-19-20(10-16)27-14-26-19)18-11-21-17(8-9-28-21)24(18)13-15-4-2-1-3-5-15/h1-11H,12-14H2,(H,23,25). The van der Waals surface area contributed by atoms with Crippen LogP contribution in [0.2, 0.25) is 0 Å². The summed E-state index contributed by atoms with van der Waals surface area (Å²) >= 11 is 1.65. The fraction of sp³-hybridized carbons (Fsp3) is 0.136. The lowest BCUT2D eigenvalue weighted by molar-refractivity contribution is 0.0942. The van der Waals surface area contributed by atoms with E-state index in [2.05, 4.69) is 33.5 Å². The molecule has 0 radical (unpaired) electrons. The maximum Gasteiger partial charge on any atom is 0.268 e. The van der Waals surface area contributed by atoms with Gasteiger partial charge in [0.05, 0.1) is 10.2 Å². The van der Waals surface area contributed by atoms with E-state index in [1.54, 1.807) is 11.3 Å². The van der Waals surface area contributed by atoms with Gasteiger partial charge in [-0.05, 0) is 40.8 Å². The van der Waals surface area contributed by atoms with Crippen LogP contribution in [0.25, 0.3) is 10.2 Å². The van der Waals surface area contributed by atoms with E-state index in [9.17, 15) is 4.79 Å². The molecule has 0 unspecified atom stereocenters. The Labute approximate surface area is 166 Å². The molecule has 0 aliphatic carbocycles. The summed E-state index contributed by atoms with van der Waals surface area (Å²) < 4.78 is 13.9. The summed E-state index contributed by atoms with van der Waals surface area (Å²) in [5.41, 5.74) is 3.89. The van der Waals surface area contributed by atoms with Crippen molar-refractivity contribution in [1.29, 1.82) is 0 Å². The highest BCUT2D eigenvalue weighted by atomic mass is 32.1. The van der Waals surface area contributed by atoms with E-state index in [1.165, 1.54) is 0 Å². The number of amides is 1. The van der Waals surface area contributed by atoms with Gasteiger partial charge >= 0.3 is 0 Å². The second-order valence-corrected chi connectivity index (χ2v) is 7.59. The van der Waals surface area contributed by atoms with Crippen molar-refractivity contribution in [2.45, 2.75) is 13.1 Å². The maximum absolute atomic E-state index is 12.9. The summed E-state index contributed by atoms with van der Waals surface area (Å²) in [4.78, 5) is 12.9. The first-order valence-corrected chi connectivity index (χ1v) is 9.93. The highest BCUT2D eigenvalue weighted by Gasteiger charge is 2.18. The number of hydrogen-bond donors (Lipinski definition) is 1. The topological polar surface area (TPSA) is 52.5 Å². The summed E-state index contributed by atoms with van der Waals surface area (Å²) in [6, 6.07) is 19.9. The number of fused-ring (bicyclic) bond motifs is 2. The summed E-state index contributed by atoms with van der Waals surface area (Å²) in [5.74, 6) is 1.38. The molecule has 1 aliphatic rings. The van der Waals surface area contributed by atoms with Crippen molar-refractivity contribution in [3.63, 3.8) is 0 Å². The van der Waals surface area contributed by atoms with Crippen LogP contribution in [0.1, 0.15) is 21.6 Å². The molecular weight excluding hydrogens is 372 g/mol. The van der Waals surface area contributed by atoms with Crippen molar-refractivity contribution in [2.24, 2.45) is 0 Å². The van der Waals surface area contributed by atoms with Crippen LogP contribution in [0.15, 0.2) is 66.0 Å². The Morgan fingerprint density at radius 2 is 1.86 bits per heavy atom. The Hall–Kier alpha value is -3.25. The second-order valence-electron chi connectivity index (χ2n) is 6.64. The second kappa shape index (κ2) is 7.05. The Kier molecular flexibility index (Phi) is 4.25. The Balaban J connectivity index is 1.38. The summed E-state index contributed by atoms with van der Waals surface area (Å²) in [7, 11) is 0. The Morgan fingerprint density at radius 1 is 1.00 bits per heavy atom. The number of nitrogens with zero attached hydrogens (tertiary/aromatic N) is 1. The number of ether oxygens (including phenoxy) is 2. The highest BCUT2D eigenvalue weighted by Crippen LogP contribution is 2.32. The van der Waals surface area contributed by atoms with E-state index in [-0.39, 0.29) is 12.7 Å². The predicted molar refractivity (Wildman–Crippen MR) is 109 cm³/mol. The largest absolute Gasteiger partial charge is 0.454 e. The lowest BCUT2D eigenvalue weighted by Crippen LogP contribution is -2.25. The fourth-order valence-corrected chi connectivity index (χ4v) is 4.25. The molecule has 0 atom stereocenters. The highest BCUT2D eigenvalue weighted by molar-refractivity contribution is 7.17. The molecule has 4 aromatic rings. The average molecular weight is 390 g/mol. The van der Waals surface area contributed by atoms with Crippen LogP contribution >= 0.6 is 11.3 Å². The monoisotopic (exact) mass is 390 g/mol. The van der Waals surface area contributed by atoms with Crippen molar-refractivity contribution in [2.75, 3.05) is 6.79 Å². The minimum atomic E-state index is -0.0861. The van der Waals surface area contributed by atoms with Crippen LogP contribution in [0.5, 0.6) is 11.5 Å². The third kappa shape index (κ3) is 3.12. The lowest BCUT2D eigenvalue weighted by atomic mass is 10.2. The Bertz CT molecular complexity index is 1150. The van der Waals surface area contributed by atoms with Gasteiger partial charge in [0.2, 0.25) is 6.79 Å². The maximum atomic E-state index is 12.9. The van der Waals surface area contributed by atoms with Gasteiger partial charge in [0, 0.05) is 13.1 Å². The van der Waals surface area contributed by atoms with Crippen LogP contribution in [0.4, 0.5) is 0 Å². The third-order valence-corrected chi connectivity index (χ3v) is 5.68. The van der Waals surface area contributed by atoms with E-state index >= 15 is 0 Å². The van der Waals surface area contributed by atoms with Crippen LogP contribution in [0.3, 0.4) is 0 Å². The quantitative estimate of drug-likeness (QED) is 0.549. The molecule has 6 heteroatoms. The third-order valence-electron chi connectivity index (χ3n) is 4.83. The van der Waals surface area contributed by atoms with Gasteiger partial charge in [-0.15, -0.1) is 11.3 Å². The van der Waals surface area contributed by atoms with Crippen LogP contribution in [0, 0.1) is 0 Å². The van der Waals surface area contributed by atoms with Crippen molar-refractivity contribution in [3.05, 3.63) is 82.9 Å². The number of rotatable bonds is 5. The number of hydrogen-bond acceptors (Lipinski definition) is 4. The van der Waals surface area contributed by atoms with Crippen LogP contribution in [-0.4, -0.2) is 17.3 Å². The fourth-order valence-electron chi connectivity index (χ4n) is 3.43. The van der Waals surface area contributed by atoms with Crippen molar-refractivity contribution < 1.29 is 14.3 Å². The molecule has 5 rings (SSSR count). The average Bonchev–Trinajstić information content (AvgIpc) is 3.44. The van der Waals surface area contributed by atoms with Crippen molar-refractivity contribution in [3.8, 4) is 11.5 Å². The molecule has 2 aromatic heterocycles. The molecule has 140 valence electrons. The predicted octanol–water partition coefficient (Wildman–Crippen LogP) is 4.41. The molecule has 0 saturated carbocycles. The van der Waals surface area contributed by atoms with Gasteiger partial charge in [-0.3, -0.25) is 4.79 Å². The molecule has 1 amide bonds. The van der Waals surface area contributed by atoms with Gasteiger partial charge in [-0.2, -0.15) is 0 Å². The minimum absolute atomic E-state index is 0.0861. The number of carbonyl (C=O) groups excluding carboxylic acids is 1. The molecule has 1 N–H and O–H groups in total. The first kappa shape index (κ1) is 16.9. The Morgan fingerprint density at radius 3 is 2.75 bits per heavy atom. The summed E-state index contributed by atoms with van der Waals surface area (Å²) in [5, 5.41) is 5.09. The van der Waals surface area contributed by atoms with Crippen LogP contribution < -0.4 is 14.8 Å². The molecule has 0 spiro atoms. The molecule has 5 nitrogen and oxygen atoms in total.